The van der Waals surface area contributed by atoms with Gasteiger partial charge in [0.1, 0.15) is 0 Å². The number of likely N-dealkylation sites (N-methyl/N-ethyl adjacent to an activating group) is 1. The number of thiazole rings is 1. The van der Waals surface area contributed by atoms with Gasteiger partial charge >= 0.3 is 0 Å². The van der Waals surface area contributed by atoms with Gasteiger partial charge in [-0.3, -0.25) is 4.98 Å². The molecule has 3 aromatic rings. The highest BCUT2D eigenvalue weighted by molar-refractivity contribution is 7.09. The maximum Gasteiger partial charge on any atom is 0.0947 e. The van der Waals surface area contributed by atoms with Crippen LogP contribution in [0.25, 0.3) is 5.52 Å². The van der Waals surface area contributed by atoms with Crippen LogP contribution in [0.1, 0.15) is 29.2 Å². The molecule has 0 fully saturated rings. The number of aryl methyl sites for hydroxylation is 1. The fraction of sp³-hybridized carbons (Fsp3) is 0.357. The summed E-state index contributed by atoms with van der Waals surface area (Å²) < 4.78 is 1.86. The molecule has 3 heterocycles. The highest BCUT2D eigenvalue weighted by Gasteiger charge is 2.17. The Kier molecular flexibility index (Phi) is 3.75. The van der Waals surface area contributed by atoms with E-state index < -0.39 is 0 Å². The van der Waals surface area contributed by atoms with E-state index in [1.54, 1.807) is 17.5 Å². The Morgan fingerprint density at radius 2 is 2.30 bits per heavy atom. The SMILES string of the molecule is CCNC(Cc1nc(C)cs1)c1cnn2ccncc12. The molecule has 20 heavy (non-hydrogen) atoms. The molecule has 0 aliphatic rings. The van der Waals surface area contributed by atoms with Gasteiger partial charge in [0.25, 0.3) is 0 Å². The molecule has 0 aromatic carbocycles. The second kappa shape index (κ2) is 5.68. The monoisotopic (exact) mass is 287 g/mol. The lowest BCUT2D eigenvalue weighted by molar-refractivity contribution is 0.551. The summed E-state index contributed by atoms with van der Waals surface area (Å²) in [6.45, 7) is 5.05. The first-order chi connectivity index (χ1) is 9.78. The van der Waals surface area contributed by atoms with Crippen molar-refractivity contribution in [2.24, 2.45) is 0 Å². The lowest BCUT2D eigenvalue weighted by Gasteiger charge is -2.15. The Hall–Kier alpha value is -1.79. The maximum atomic E-state index is 4.56. The maximum absolute atomic E-state index is 4.56. The van der Waals surface area contributed by atoms with Crippen molar-refractivity contribution in [2.75, 3.05) is 6.54 Å². The van der Waals surface area contributed by atoms with Gasteiger partial charge in [0, 0.05) is 41.5 Å². The highest BCUT2D eigenvalue weighted by Crippen LogP contribution is 2.23. The van der Waals surface area contributed by atoms with Crippen LogP contribution >= 0.6 is 11.3 Å². The van der Waals surface area contributed by atoms with Gasteiger partial charge in [-0.25, -0.2) is 9.50 Å². The molecule has 6 heteroatoms. The van der Waals surface area contributed by atoms with Crippen molar-refractivity contribution < 1.29 is 0 Å². The zero-order valence-corrected chi connectivity index (χ0v) is 12.4. The first-order valence-corrected chi connectivity index (χ1v) is 7.57. The van der Waals surface area contributed by atoms with Crippen LogP contribution in [0.5, 0.6) is 0 Å². The van der Waals surface area contributed by atoms with Crippen LogP contribution in [0.2, 0.25) is 0 Å². The lowest BCUT2D eigenvalue weighted by Crippen LogP contribution is -2.22. The number of rotatable bonds is 5. The molecule has 0 aliphatic carbocycles. The van der Waals surface area contributed by atoms with Crippen LogP contribution in [-0.2, 0) is 6.42 Å². The van der Waals surface area contributed by atoms with Crippen LogP contribution in [0, 0.1) is 6.92 Å². The van der Waals surface area contributed by atoms with Crippen molar-refractivity contribution in [1.29, 1.82) is 0 Å². The lowest BCUT2D eigenvalue weighted by atomic mass is 10.1. The first-order valence-electron chi connectivity index (χ1n) is 6.69. The molecule has 3 rings (SSSR count). The van der Waals surface area contributed by atoms with E-state index in [9.17, 15) is 0 Å². The molecule has 104 valence electrons. The van der Waals surface area contributed by atoms with Crippen LogP contribution < -0.4 is 5.32 Å². The van der Waals surface area contributed by atoms with Gasteiger partial charge in [0.05, 0.1) is 22.9 Å². The van der Waals surface area contributed by atoms with E-state index >= 15 is 0 Å². The molecular weight excluding hydrogens is 270 g/mol. The van der Waals surface area contributed by atoms with E-state index in [0.29, 0.717) is 0 Å². The summed E-state index contributed by atoms with van der Waals surface area (Å²) in [5.41, 5.74) is 3.31. The normalized spacial score (nSPS) is 12.9. The number of aromatic nitrogens is 4. The summed E-state index contributed by atoms with van der Waals surface area (Å²) in [6, 6.07) is 0.215. The van der Waals surface area contributed by atoms with Crippen molar-refractivity contribution in [3.63, 3.8) is 0 Å². The average Bonchev–Trinajstić information content (AvgIpc) is 3.04. The third-order valence-corrected chi connectivity index (χ3v) is 4.21. The van der Waals surface area contributed by atoms with Gasteiger partial charge in [-0.05, 0) is 13.5 Å². The minimum absolute atomic E-state index is 0.215. The molecule has 5 nitrogen and oxygen atoms in total. The summed E-state index contributed by atoms with van der Waals surface area (Å²) in [4.78, 5) is 8.76. The summed E-state index contributed by atoms with van der Waals surface area (Å²) in [7, 11) is 0. The van der Waals surface area contributed by atoms with Gasteiger partial charge in [0.2, 0.25) is 0 Å². The highest BCUT2D eigenvalue weighted by atomic mass is 32.1. The number of hydrogen-bond donors (Lipinski definition) is 1. The van der Waals surface area contributed by atoms with Gasteiger partial charge < -0.3 is 5.32 Å². The Balaban J connectivity index is 1.93. The third kappa shape index (κ3) is 2.57. The molecule has 0 aliphatic heterocycles. The zero-order chi connectivity index (χ0) is 13.9. The molecule has 3 aromatic heterocycles. The predicted molar refractivity (Wildman–Crippen MR) is 80.0 cm³/mol. The van der Waals surface area contributed by atoms with Gasteiger partial charge in [-0.15, -0.1) is 11.3 Å². The van der Waals surface area contributed by atoms with E-state index in [1.807, 2.05) is 30.0 Å². The quantitative estimate of drug-likeness (QED) is 0.783. The van der Waals surface area contributed by atoms with E-state index in [0.717, 1.165) is 29.2 Å². The Morgan fingerprint density at radius 1 is 1.40 bits per heavy atom. The Bertz CT molecular complexity index is 702. The molecule has 0 radical (unpaired) electrons. The molecule has 0 spiro atoms. The van der Waals surface area contributed by atoms with Crippen LogP contribution in [-0.4, -0.2) is 26.1 Å². The van der Waals surface area contributed by atoms with Gasteiger partial charge in [-0.1, -0.05) is 6.92 Å². The molecule has 0 saturated carbocycles. The van der Waals surface area contributed by atoms with Crippen LogP contribution in [0.3, 0.4) is 0 Å². The second-order valence-corrected chi connectivity index (χ2v) is 5.65. The second-order valence-electron chi connectivity index (χ2n) is 4.70. The minimum Gasteiger partial charge on any atom is -0.310 e. The number of fused-ring (bicyclic) bond motifs is 1. The van der Waals surface area contributed by atoms with E-state index in [1.165, 1.54) is 5.56 Å². The largest absolute Gasteiger partial charge is 0.310 e. The summed E-state index contributed by atoms with van der Waals surface area (Å²) in [5, 5.41) is 11.2. The molecular formula is C14H17N5S. The van der Waals surface area contributed by atoms with E-state index in [-0.39, 0.29) is 6.04 Å². The van der Waals surface area contributed by atoms with Crippen molar-refractivity contribution in [3.05, 3.63) is 46.4 Å². The van der Waals surface area contributed by atoms with Gasteiger partial charge in [-0.2, -0.15) is 5.10 Å². The zero-order valence-electron chi connectivity index (χ0n) is 11.6. The predicted octanol–water partition coefficient (Wildman–Crippen LogP) is 2.39. The fourth-order valence-electron chi connectivity index (χ4n) is 2.33. The van der Waals surface area contributed by atoms with E-state index in [4.69, 9.17) is 0 Å². The molecule has 0 amide bonds. The smallest absolute Gasteiger partial charge is 0.0947 e. The standard InChI is InChI=1S/C14H17N5S/c1-3-16-12(6-14-18-10(2)9-20-14)11-7-17-19-5-4-15-8-13(11)19/h4-5,7-9,12,16H,3,6H2,1-2H3. The summed E-state index contributed by atoms with van der Waals surface area (Å²) in [5.74, 6) is 0. The fourth-order valence-corrected chi connectivity index (χ4v) is 3.15. The molecule has 0 bridgehead atoms. The minimum atomic E-state index is 0.215. The van der Waals surface area contributed by atoms with Crippen molar-refractivity contribution >= 4 is 16.9 Å². The first kappa shape index (κ1) is 13.2. The number of nitrogens with one attached hydrogen (secondary N) is 1. The Labute approximate surface area is 121 Å². The van der Waals surface area contributed by atoms with Crippen LogP contribution in [0.15, 0.2) is 30.2 Å². The Morgan fingerprint density at radius 3 is 3.05 bits per heavy atom. The molecule has 1 N–H and O–H groups in total. The summed E-state index contributed by atoms with van der Waals surface area (Å²) in [6.07, 6.45) is 8.28. The van der Waals surface area contributed by atoms with Crippen molar-refractivity contribution in [1.82, 2.24) is 24.9 Å². The number of hydrogen-bond acceptors (Lipinski definition) is 5. The molecule has 1 unspecified atom stereocenters. The summed E-state index contributed by atoms with van der Waals surface area (Å²) >= 11 is 1.71. The van der Waals surface area contributed by atoms with Gasteiger partial charge in [0.15, 0.2) is 0 Å². The number of nitrogens with zero attached hydrogens (tertiary/aromatic N) is 4. The van der Waals surface area contributed by atoms with E-state index in [2.05, 4.69) is 32.7 Å². The third-order valence-electron chi connectivity index (χ3n) is 3.23. The molecule has 1 atom stereocenters. The van der Waals surface area contributed by atoms with Crippen molar-refractivity contribution in [2.45, 2.75) is 26.3 Å². The molecule has 0 saturated heterocycles. The topological polar surface area (TPSA) is 55.1 Å². The van der Waals surface area contributed by atoms with Crippen molar-refractivity contribution in [3.8, 4) is 0 Å². The average molecular weight is 287 g/mol. The van der Waals surface area contributed by atoms with Crippen LogP contribution in [0.4, 0.5) is 0 Å².